The van der Waals surface area contributed by atoms with Gasteiger partial charge in [-0.2, -0.15) is 0 Å². The molecule has 0 atom stereocenters. The second-order valence-corrected chi connectivity index (χ2v) is 9.72. The number of imide groups is 1. The van der Waals surface area contributed by atoms with E-state index in [1.165, 1.54) is 5.56 Å². The maximum Gasteiger partial charge on any atom is 0.290 e. The first-order valence-electron chi connectivity index (χ1n) is 10.5. The average molecular weight is 444 g/mol. The molecule has 32 heavy (non-hydrogen) atoms. The lowest BCUT2D eigenvalue weighted by Gasteiger charge is -2.19. The topological polar surface area (TPSA) is 55.4 Å². The second-order valence-electron chi connectivity index (χ2n) is 8.71. The van der Waals surface area contributed by atoms with Crippen molar-refractivity contribution in [3.8, 4) is 16.9 Å². The Bertz CT molecular complexity index is 1180. The molecular formula is C27H25NO3S. The molecule has 0 bridgehead atoms. The largest absolute Gasteiger partial charge is 0.488 e. The molecule has 3 aromatic rings. The van der Waals surface area contributed by atoms with Crippen molar-refractivity contribution in [2.45, 2.75) is 32.8 Å². The maximum absolute atomic E-state index is 12.1. The first-order valence-corrected chi connectivity index (χ1v) is 11.3. The van der Waals surface area contributed by atoms with E-state index in [-0.39, 0.29) is 16.6 Å². The van der Waals surface area contributed by atoms with Crippen LogP contribution in [0.15, 0.2) is 77.7 Å². The van der Waals surface area contributed by atoms with Crippen LogP contribution in [0.4, 0.5) is 4.79 Å². The predicted molar refractivity (Wildman–Crippen MR) is 130 cm³/mol. The molecule has 1 saturated heterocycles. The molecule has 0 saturated carbocycles. The predicted octanol–water partition coefficient (Wildman–Crippen LogP) is 6.55. The Morgan fingerprint density at radius 2 is 1.59 bits per heavy atom. The minimum Gasteiger partial charge on any atom is -0.488 e. The molecule has 1 heterocycles. The molecule has 1 aliphatic heterocycles. The number of benzene rings is 3. The van der Waals surface area contributed by atoms with Gasteiger partial charge in [0, 0.05) is 5.56 Å². The lowest BCUT2D eigenvalue weighted by atomic mass is 9.86. The van der Waals surface area contributed by atoms with E-state index in [1.54, 1.807) is 6.08 Å². The highest BCUT2D eigenvalue weighted by atomic mass is 32.2. The number of carbonyl (C=O) groups excluding carboxylic acids is 2. The molecule has 0 unspecified atom stereocenters. The van der Waals surface area contributed by atoms with Crippen LogP contribution in [0.3, 0.4) is 0 Å². The minimum absolute atomic E-state index is 0.0862. The van der Waals surface area contributed by atoms with Gasteiger partial charge in [0.25, 0.3) is 11.1 Å². The monoisotopic (exact) mass is 443 g/mol. The van der Waals surface area contributed by atoms with Gasteiger partial charge in [0.2, 0.25) is 0 Å². The lowest BCUT2D eigenvalue weighted by molar-refractivity contribution is -0.115. The van der Waals surface area contributed by atoms with E-state index in [0.717, 1.165) is 34.0 Å². The molecule has 4 nitrogen and oxygen atoms in total. The maximum atomic E-state index is 12.1. The van der Waals surface area contributed by atoms with Crippen LogP contribution in [0.25, 0.3) is 17.2 Å². The summed E-state index contributed by atoms with van der Waals surface area (Å²) < 4.78 is 6.08. The number of nitrogens with one attached hydrogen (secondary N) is 1. The Balaban J connectivity index is 1.68. The number of rotatable bonds is 5. The highest BCUT2D eigenvalue weighted by Crippen LogP contribution is 2.33. The smallest absolute Gasteiger partial charge is 0.290 e. The third-order valence-electron chi connectivity index (χ3n) is 5.26. The van der Waals surface area contributed by atoms with Crippen LogP contribution in [0.1, 0.15) is 37.5 Å². The molecule has 162 valence electrons. The van der Waals surface area contributed by atoms with Gasteiger partial charge in [0.1, 0.15) is 12.4 Å². The van der Waals surface area contributed by atoms with Gasteiger partial charge < -0.3 is 4.74 Å². The summed E-state index contributed by atoms with van der Waals surface area (Å²) in [7, 11) is 0. The Morgan fingerprint density at radius 1 is 0.906 bits per heavy atom. The zero-order valence-corrected chi connectivity index (χ0v) is 19.2. The molecule has 0 spiro atoms. The van der Waals surface area contributed by atoms with E-state index in [2.05, 4.69) is 50.4 Å². The van der Waals surface area contributed by atoms with Crippen molar-refractivity contribution in [2.24, 2.45) is 0 Å². The third kappa shape index (κ3) is 5.11. The molecule has 4 rings (SSSR count). The summed E-state index contributed by atoms with van der Waals surface area (Å²) in [5.74, 6) is 0.276. The van der Waals surface area contributed by atoms with Crippen LogP contribution < -0.4 is 10.1 Å². The van der Waals surface area contributed by atoms with Crippen LogP contribution in [0.2, 0.25) is 0 Å². The summed E-state index contributed by atoms with van der Waals surface area (Å²) in [5.41, 5.74) is 5.25. The van der Waals surface area contributed by atoms with Crippen molar-refractivity contribution in [3.63, 3.8) is 0 Å². The lowest BCUT2D eigenvalue weighted by Crippen LogP contribution is -2.17. The van der Waals surface area contributed by atoms with Gasteiger partial charge in [-0.3, -0.25) is 14.9 Å². The first-order chi connectivity index (χ1) is 15.3. The number of amides is 2. The quantitative estimate of drug-likeness (QED) is 0.454. The Labute approximate surface area is 192 Å². The van der Waals surface area contributed by atoms with Gasteiger partial charge >= 0.3 is 0 Å². The molecule has 3 aromatic carbocycles. The van der Waals surface area contributed by atoms with Crippen molar-refractivity contribution < 1.29 is 14.3 Å². The van der Waals surface area contributed by atoms with Gasteiger partial charge in [0.05, 0.1) is 4.91 Å². The van der Waals surface area contributed by atoms with E-state index in [0.29, 0.717) is 17.3 Å². The summed E-state index contributed by atoms with van der Waals surface area (Å²) in [6, 6.07) is 24.3. The number of thioether (sulfide) groups is 1. The van der Waals surface area contributed by atoms with E-state index < -0.39 is 0 Å². The molecule has 1 N–H and O–H groups in total. The summed E-state index contributed by atoms with van der Waals surface area (Å²) in [5, 5.41) is 1.95. The van der Waals surface area contributed by atoms with Crippen LogP contribution in [0, 0.1) is 0 Å². The number of hydrogen-bond donors (Lipinski definition) is 1. The average Bonchev–Trinajstić information content (AvgIpc) is 3.09. The first kappa shape index (κ1) is 21.9. The fraction of sp³-hybridized carbons (Fsp3) is 0.185. The highest BCUT2D eigenvalue weighted by Gasteiger charge is 2.25. The normalized spacial score (nSPS) is 15.2. The van der Waals surface area contributed by atoms with Gasteiger partial charge in [-0.1, -0.05) is 81.4 Å². The van der Waals surface area contributed by atoms with E-state index in [9.17, 15) is 9.59 Å². The van der Waals surface area contributed by atoms with Crippen LogP contribution in [-0.2, 0) is 16.8 Å². The Hall–Kier alpha value is -3.31. The minimum atomic E-state index is -0.381. The van der Waals surface area contributed by atoms with Crippen LogP contribution in [0.5, 0.6) is 5.75 Å². The molecule has 2 amide bonds. The molecule has 5 heteroatoms. The summed E-state index contributed by atoms with van der Waals surface area (Å²) >= 11 is 0.904. The van der Waals surface area contributed by atoms with Crippen LogP contribution >= 0.6 is 11.8 Å². The second kappa shape index (κ2) is 9.05. The molecule has 1 aliphatic rings. The van der Waals surface area contributed by atoms with Crippen molar-refractivity contribution in [2.75, 3.05) is 0 Å². The fourth-order valence-corrected chi connectivity index (χ4v) is 4.11. The number of carbonyl (C=O) groups is 2. The van der Waals surface area contributed by atoms with Gasteiger partial charge in [-0.05, 0) is 57.6 Å². The molecular weight excluding hydrogens is 418 g/mol. The van der Waals surface area contributed by atoms with Crippen molar-refractivity contribution in [1.82, 2.24) is 5.32 Å². The Kier molecular flexibility index (Phi) is 6.19. The molecule has 0 aromatic heterocycles. The summed E-state index contributed by atoms with van der Waals surface area (Å²) in [4.78, 5) is 24.1. The van der Waals surface area contributed by atoms with Crippen molar-refractivity contribution >= 4 is 29.0 Å². The molecule has 0 aliphatic carbocycles. The number of hydrogen-bond acceptors (Lipinski definition) is 4. The van der Waals surface area contributed by atoms with Crippen molar-refractivity contribution in [3.05, 3.63) is 94.4 Å². The van der Waals surface area contributed by atoms with E-state index in [1.807, 2.05) is 48.5 Å². The zero-order chi connectivity index (χ0) is 22.7. The third-order valence-corrected chi connectivity index (χ3v) is 6.07. The number of ether oxygens (including phenoxy) is 1. The van der Waals surface area contributed by atoms with Gasteiger partial charge in [-0.25, -0.2) is 0 Å². The van der Waals surface area contributed by atoms with Gasteiger partial charge in [-0.15, -0.1) is 0 Å². The van der Waals surface area contributed by atoms with Crippen LogP contribution in [-0.4, -0.2) is 11.1 Å². The zero-order valence-electron chi connectivity index (χ0n) is 18.3. The standard InChI is InChI=1S/C27H25NO3S/c1-27(2,3)22-12-9-19(10-13-22)20-11-14-23(31-17-18-7-5-4-6-8-18)21(15-20)16-24-25(29)28-26(30)32-24/h4-16H,17H2,1-3H3,(H,28,29,30)/b24-16-. The SMILES string of the molecule is CC(C)(C)c1ccc(-c2ccc(OCc3ccccc3)c(/C=C3\SC(=O)NC3=O)c2)cc1. The van der Waals surface area contributed by atoms with E-state index in [4.69, 9.17) is 4.74 Å². The summed E-state index contributed by atoms with van der Waals surface area (Å²) in [6.07, 6.45) is 1.72. The highest BCUT2D eigenvalue weighted by molar-refractivity contribution is 8.18. The molecule has 1 fully saturated rings. The summed E-state index contributed by atoms with van der Waals surface area (Å²) in [6.45, 7) is 6.99. The van der Waals surface area contributed by atoms with Gasteiger partial charge in [0.15, 0.2) is 0 Å². The molecule has 0 radical (unpaired) electrons. The van der Waals surface area contributed by atoms with Crippen molar-refractivity contribution in [1.29, 1.82) is 0 Å². The Morgan fingerprint density at radius 3 is 2.22 bits per heavy atom. The van der Waals surface area contributed by atoms with E-state index >= 15 is 0 Å². The fourth-order valence-electron chi connectivity index (χ4n) is 3.43.